The molecule has 1 aliphatic heterocycles. The number of nitrogens with one attached hydrogen (secondary N) is 2. The summed E-state index contributed by atoms with van der Waals surface area (Å²) in [7, 11) is 0. The Kier molecular flexibility index (Phi) is 5.70. The van der Waals surface area contributed by atoms with Crippen LogP contribution in [0.3, 0.4) is 0 Å². The normalized spacial score (nSPS) is 14.8. The molecule has 0 aliphatic carbocycles. The number of nitrogen functional groups attached to an aromatic ring is 1. The highest BCUT2D eigenvalue weighted by Gasteiger charge is 2.31. The van der Waals surface area contributed by atoms with E-state index in [1.165, 1.54) is 10.1 Å². The maximum Gasteiger partial charge on any atom is 0.277 e. The number of carbonyl (C=O) groups is 1. The van der Waals surface area contributed by atoms with Crippen LogP contribution in [0, 0.1) is 13.8 Å². The second-order valence-electron chi connectivity index (χ2n) is 7.86. The molecule has 4 rings (SSSR count). The number of rotatable bonds is 6. The Morgan fingerprint density at radius 3 is 2.68 bits per heavy atom. The second-order valence-corrected chi connectivity index (χ2v) is 7.86. The number of hydrogen-bond acceptors (Lipinski definition) is 6. The van der Waals surface area contributed by atoms with Gasteiger partial charge in [0.25, 0.3) is 5.56 Å². The van der Waals surface area contributed by atoms with Gasteiger partial charge in [0.1, 0.15) is 23.4 Å². The summed E-state index contributed by atoms with van der Waals surface area (Å²) >= 11 is 0. The van der Waals surface area contributed by atoms with Gasteiger partial charge in [-0.05, 0) is 37.5 Å². The van der Waals surface area contributed by atoms with Crippen LogP contribution >= 0.6 is 0 Å². The lowest BCUT2D eigenvalue weighted by Crippen LogP contribution is -2.36. The van der Waals surface area contributed by atoms with Crippen molar-refractivity contribution >= 4 is 17.4 Å². The lowest BCUT2D eigenvalue weighted by molar-refractivity contribution is -0.124. The van der Waals surface area contributed by atoms with Gasteiger partial charge in [-0.2, -0.15) is 0 Å². The van der Waals surface area contributed by atoms with Gasteiger partial charge in [-0.25, -0.2) is 9.97 Å². The van der Waals surface area contributed by atoms with E-state index in [1.807, 2.05) is 44.2 Å². The largest absolute Gasteiger partial charge is 0.384 e. The monoisotopic (exact) mass is 418 g/mol. The summed E-state index contributed by atoms with van der Waals surface area (Å²) in [4.78, 5) is 34.6. The summed E-state index contributed by atoms with van der Waals surface area (Å²) in [5, 5.41) is 6.09. The van der Waals surface area contributed by atoms with E-state index in [0.717, 1.165) is 16.8 Å². The quantitative estimate of drug-likeness (QED) is 0.566. The molecule has 160 valence electrons. The van der Waals surface area contributed by atoms with Gasteiger partial charge >= 0.3 is 0 Å². The molecule has 8 heteroatoms. The third-order valence-corrected chi connectivity index (χ3v) is 5.60. The van der Waals surface area contributed by atoms with Gasteiger partial charge in [0.15, 0.2) is 0 Å². The van der Waals surface area contributed by atoms with E-state index in [9.17, 15) is 9.59 Å². The number of benzene rings is 1. The van der Waals surface area contributed by atoms with Crippen LogP contribution < -0.4 is 21.9 Å². The zero-order valence-electron chi connectivity index (χ0n) is 17.7. The minimum atomic E-state index is -0.571. The molecule has 0 radical (unpaired) electrons. The Morgan fingerprint density at radius 1 is 1.16 bits per heavy atom. The Labute approximate surface area is 180 Å². The molecule has 0 saturated carbocycles. The molecular weight excluding hydrogens is 392 g/mol. The number of pyridine rings is 1. The fourth-order valence-electron chi connectivity index (χ4n) is 3.77. The van der Waals surface area contributed by atoms with Gasteiger partial charge in [0, 0.05) is 25.2 Å². The summed E-state index contributed by atoms with van der Waals surface area (Å²) in [6.45, 7) is 4.72. The highest BCUT2D eigenvalue weighted by Crippen LogP contribution is 2.23. The van der Waals surface area contributed by atoms with Crippen LogP contribution in [0.25, 0.3) is 0 Å². The van der Waals surface area contributed by atoms with Crippen LogP contribution in [0.15, 0.2) is 47.4 Å². The number of aryl methyl sites for hydroxylation is 3. The molecule has 3 heterocycles. The molecular formula is C23H26N6O2. The average molecular weight is 419 g/mol. The van der Waals surface area contributed by atoms with Gasteiger partial charge < -0.3 is 16.4 Å². The highest BCUT2D eigenvalue weighted by atomic mass is 16.2. The second kappa shape index (κ2) is 8.59. The molecule has 0 unspecified atom stereocenters. The molecule has 2 aromatic heterocycles. The van der Waals surface area contributed by atoms with Crippen LogP contribution in [-0.4, -0.2) is 20.4 Å². The number of hydrogen-bond donors (Lipinski definition) is 3. The van der Waals surface area contributed by atoms with E-state index in [2.05, 4.69) is 20.6 Å². The average Bonchev–Trinajstić information content (AvgIpc) is 3.19. The van der Waals surface area contributed by atoms with E-state index in [-0.39, 0.29) is 11.5 Å². The minimum absolute atomic E-state index is 0.199. The van der Waals surface area contributed by atoms with E-state index in [0.29, 0.717) is 43.3 Å². The number of nitrogens with zero attached hydrogens (tertiary/aromatic N) is 3. The number of amides is 1. The first-order valence-electron chi connectivity index (χ1n) is 10.3. The van der Waals surface area contributed by atoms with Crippen molar-refractivity contribution in [2.45, 2.75) is 45.8 Å². The van der Waals surface area contributed by atoms with Gasteiger partial charge in [0.2, 0.25) is 5.91 Å². The van der Waals surface area contributed by atoms with Crippen molar-refractivity contribution in [1.29, 1.82) is 0 Å². The third-order valence-electron chi connectivity index (χ3n) is 5.60. The summed E-state index contributed by atoms with van der Waals surface area (Å²) < 4.78 is 1.51. The number of carbonyl (C=O) groups excluding carboxylic acids is 1. The van der Waals surface area contributed by atoms with Gasteiger partial charge in [-0.3, -0.25) is 14.2 Å². The molecule has 0 saturated heterocycles. The topological polar surface area (TPSA) is 115 Å². The fraction of sp³-hybridized carbons (Fsp3) is 0.304. The lowest BCUT2D eigenvalue weighted by atomic mass is 10.1. The maximum absolute atomic E-state index is 13.1. The Bertz CT molecular complexity index is 1170. The SMILES string of the molecule is Cc1ccc(CNc2cnc3n(c2=O)[C@H](C(=O)NCc2ccc(N)nc2C)CC3)cc1. The molecule has 0 bridgehead atoms. The van der Waals surface area contributed by atoms with E-state index >= 15 is 0 Å². The van der Waals surface area contributed by atoms with Crippen molar-refractivity contribution in [3.8, 4) is 0 Å². The number of fused-ring (bicyclic) bond motifs is 1. The molecule has 8 nitrogen and oxygen atoms in total. The van der Waals surface area contributed by atoms with Crippen LogP contribution in [0.1, 0.15) is 40.7 Å². The zero-order valence-corrected chi connectivity index (χ0v) is 17.7. The Balaban J connectivity index is 1.47. The molecule has 4 N–H and O–H groups in total. The molecule has 1 aromatic carbocycles. The van der Waals surface area contributed by atoms with E-state index < -0.39 is 6.04 Å². The summed E-state index contributed by atoms with van der Waals surface area (Å²) in [5.74, 6) is 0.881. The van der Waals surface area contributed by atoms with Crippen molar-refractivity contribution < 1.29 is 4.79 Å². The molecule has 1 atom stereocenters. The number of aromatic nitrogens is 3. The third kappa shape index (κ3) is 4.42. The van der Waals surface area contributed by atoms with E-state index in [4.69, 9.17) is 5.73 Å². The van der Waals surface area contributed by atoms with Gasteiger partial charge in [-0.15, -0.1) is 0 Å². The first-order valence-corrected chi connectivity index (χ1v) is 10.3. The Hall–Kier alpha value is -3.68. The smallest absolute Gasteiger partial charge is 0.277 e. The molecule has 0 fully saturated rings. The van der Waals surface area contributed by atoms with Gasteiger partial charge in [0.05, 0.1) is 6.20 Å². The molecule has 3 aromatic rings. The standard InChI is InChI=1S/C23H26N6O2/c1-14-3-5-16(6-4-14)11-25-18-13-26-21-10-8-19(29(21)23(18)31)22(30)27-12-17-7-9-20(24)28-15(17)2/h3-7,9,13,19,25H,8,10-12H2,1-2H3,(H2,24,28)(H,27,30)/t19-/m0/s1. The molecule has 1 aliphatic rings. The van der Waals surface area contributed by atoms with Crippen LogP contribution in [-0.2, 0) is 24.3 Å². The molecule has 1 amide bonds. The van der Waals surface area contributed by atoms with Crippen molar-refractivity contribution in [2.24, 2.45) is 0 Å². The molecule has 0 spiro atoms. The zero-order chi connectivity index (χ0) is 22.0. The first-order chi connectivity index (χ1) is 14.9. The number of anilines is 2. The molecule has 31 heavy (non-hydrogen) atoms. The van der Waals surface area contributed by atoms with E-state index in [1.54, 1.807) is 12.3 Å². The first kappa shape index (κ1) is 20.6. The fourth-order valence-corrected chi connectivity index (χ4v) is 3.77. The van der Waals surface area contributed by atoms with Crippen molar-refractivity contribution in [3.05, 3.63) is 81.2 Å². The summed E-state index contributed by atoms with van der Waals surface area (Å²) in [6.07, 6.45) is 2.70. The highest BCUT2D eigenvalue weighted by molar-refractivity contribution is 5.81. The van der Waals surface area contributed by atoms with Gasteiger partial charge in [-0.1, -0.05) is 35.9 Å². The lowest BCUT2D eigenvalue weighted by Gasteiger charge is -2.16. The van der Waals surface area contributed by atoms with Crippen LogP contribution in [0.5, 0.6) is 0 Å². The van der Waals surface area contributed by atoms with Crippen LogP contribution in [0.2, 0.25) is 0 Å². The Morgan fingerprint density at radius 2 is 1.94 bits per heavy atom. The summed E-state index contributed by atoms with van der Waals surface area (Å²) in [6, 6.07) is 11.1. The summed E-state index contributed by atoms with van der Waals surface area (Å²) in [5.41, 5.74) is 9.76. The predicted octanol–water partition coefficient (Wildman–Crippen LogP) is 2.25. The van der Waals surface area contributed by atoms with Crippen molar-refractivity contribution in [1.82, 2.24) is 19.9 Å². The maximum atomic E-state index is 13.1. The van der Waals surface area contributed by atoms with Crippen molar-refractivity contribution in [3.63, 3.8) is 0 Å². The van der Waals surface area contributed by atoms with Crippen molar-refractivity contribution in [2.75, 3.05) is 11.1 Å². The number of nitrogens with two attached hydrogens (primary N) is 1. The minimum Gasteiger partial charge on any atom is -0.384 e. The predicted molar refractivity (Wildman–Crippen MR) is 120 cm³/mol. The van der Waals surface area contributed by atoms with Crippen LogP contribution in [0.4, 0.5) is 11.5 Å².